The Bertz CT molecular complexity index is 341. The van der Waals surface area contributed by atoms with Crippen molar-refractivity contribution in [3.8, 4) is 0 Å². The summed E-state index contributed by atoms with van der Waals surface area (Å²) in [7, 11) is 2.92. The summed E-state index contributed by atoms with van der Waals surface area (Å²) in [5, 5.41) is 0. The maximum absolute atomic E-state index is 11.2. The molecule has 4 nitrogen and oxygen atoms in total. The van der Waals surface area contributed by atoms with Crippen LogP contribution in [0.4, 0.5) is 0 Å². The van der Waals surface area contributed by atoms with Crippen molar-refractivity contribution in [2.24, 2.45) is 5.92 Å². The van der Waals surface area contributed by atoms with Crippen LogP contribution in [0, 0.1) is 5.92 Å². The molecule has 0 bridgehead atoms. The summed E-state index contributed by atoms with van der Waals surface area (Å²) in [6, 6.07) is 0. The van der Waals surface area contributed by atoms with E-state index >= 15 is 0 Å². The number of rotatable bonds is 18. The zero-order valence-electron chi connectivity index (χ0n) is 17.5. The lowest BCUT2D eigenvalue weighted by Crippen LogP contribution is -2.06. The van der Waals surface area contributed by atoms with E-state index in [1.54, 1.807) is 0 Å². The van der Waals surface area contributed by atoms with E-state index in [1.807, 2.05) is 0 Å². The first-order chi connectivity index (χ1) is 12.6. The molecule has 0 radical (unpaired) electrons. The highest BCUT2D eigenvalue weighted by molar-refractivity contribution is 5.69. The molecule has 0 heterocycles. The molecule has 154 valence electrons. The molecule has 0 aliphatic carbocycles. The van der Waals surface area contributed by atoms with Crippen LogP contribution in [0.1, 0.15) is 110 Å². The fraction of sp³-hybridized carbons (Fsp3) is 0.909. The number of methoxy groups -OCH3 is 2. The Labute approximate surface area is 161 Å². The van der Waals surface area contributed by atoms with Gasteiger partial charge in [0.05, 0.1) is 14.2 Å². The molecule has 0 N–H and O–H groups in total. The lowest BCUT2D eigenvalue weighted by molar-refractivity contribution is -0.141. The van der Waals surface area contributed by atoms with Crippen molar-refractivity contribution < 1.29 is 19.1 Å². The molecule has 4 heteroatoms. The van der Waals surface area contributed by atoms with E-state index in [-0.39, 0.29) is 11.9 Å². The monoisotopic (exact) mass is 370 g/mol. The van der Waals surface area contributed by atoms with Crippen LogP contribution >= 0.6 is 0 Å². The quantitative estimate of drug-likeness (QED) is 0.212. The number of hydrogen-bond acceptors (Lipinski definition) is 4. The van der Waals surface area contributed by atoms with Crippen LogP contribution < -0.4 is 0 Å². The topological polar surface area (TPSA) is 52.6 Å². The molecule has 0 aliphatic heterocycles. The highest BCUT2D eigenvalue weighted by Gasteiger charge is 2.09. The maximum atomic E-state index is 11.2. The van der Waals surface area contributed by atoms with E-state index in [0.29, 0.717) is 18.8 Å². The highest BCUT2D eigenvalue weighted by Crippen LogP contribution is 2.20. The molecule has 0 aliphatic rings. The average Bonchev–Trinajstić information content (AvgIpc) is 2.67. The zero-order valence-corrected chi connectivity index (χ0v) is 17.5. The van der Waals surface area contributed by atoms with Gasteiger partial charge in [-0.2, -0.15) is 0 Å². The van der Waals surface area contributed by atoms with Gasteiger partial charge in [-0.15, -0.1) is 0 Å². The minimum absolute atomic E-state index is 0.0769. The van der Waals surface area contributed by atoms with E-state index in [0.717, 1.165) is 25.7 Å². The molecule has 0 spiro atoms. The van der Waals surface area contributed by atoms with Crippen LogP contribution in [0.2, 0.25) is 0 Å². The molecule has 0 aromatic heterocycles. The van der Waals surface area contributed by atoms with Crippen molar-refractivity contribution in [3.63, 3.8) is 0 Å². The van der Waals surface area contributed by atoms with Gasteiger partial charge < -0.3 is 9.47 Å². The van der Waals surface area contributed by atoms with Crippen LogP contribution in [0.5, 0.6) is 0 Å². The molecular weight excluding hydrogens is 328 g/mol. The third-order valence-corrected chi connectivity index (χ3v) is 5.28. The van der Waals surface area contributed by atoms with Crippen molar-refractivity contribution >= 4 is 11.9 Å². The molecule has 0 aromatic carbocycles. The van der Waals surface area contributed by atoms with Gasteiger partial charge in [0, 0.05) is 12.8 Å². The summed E-state index contributed by atoms with van der Waals surface area (Å²) in [4.78, 5) is 22.2. The summed E-state index contributed by atoms with van der Waals surface area (Å²) in [6.45, 7) is 2.22. The number of esters is 2. The van der Waals surface area contributed by atoms with Crippen molar-refractivity contribution in [2.45, 2.75) is 110 Å². The van der Waals surface area contributed by atoms with Gasteiger partial charge in [-0.3, -0.25) is 9.59 Å². The minimum atomic E-state index is -0.0845. The third-order valence-electron chi connectivity index (χ3n) is 5.28. The summed E-state index contributed by atoms with van der Waals surface area (Å²) < 4.78 is 9.36. The van der Waals surface area contributed by atoms with Gasteiger partial charge >= 0.3 is 11.9 Å². The molecule has 1 unspecified atom stereocenters. The lowest BCUT2D eigenvalue weighted by Gasteiger charge is -2.13. The fourth-order valence-corrected chi connectivity index (χ4v) is 3.37. The molecule has 0 amide bonds. The largest absolute Gasteiger partial charge is 0.469 e. The molecule has 0 saturated heterocycles. The number of carbonyl (C=O) groups is 2. The standard InChI is InChI=1S/C22H42O4/c1-4-20(18-19-22(24)26-3)16-14-12-10-8-6-5-7-9-11-13-15-17-21(23)25-2/h20H,4-19H2,1-3H3. The zero-order chi connectivity index (χ0) is 19.5. The minimum Gasteiger partial charge on any atom is -0.469 e. The van der Waals surface area contributed by atoms with Crippen molar-refractivity contribution in [1.29, 1.82) is 0 Å². The summed E-state index contributed by atoms with van der Waals surface area (Å²) >= 11 is 0. The van der Waals surface area contributed by atoms with Gasteiger partial charge in [-0.25, -0.2) is 0 Å². The number of hydrogen-bond donors (Lipinski definition) is 0. The fourth-order valence-electron chi connectivity index (χ4n) is 3.37. The second-order valence-corrected chi connectivity index (χ2v) is 7.39. The molecule has 0 aromatic rings. The molecule has 0 fully saturated rings. The van der Waals surface area contributed by atoms with Gasteiger partial charge in [0.25, 0.3) is 0 Å². The van der Waals surface area contributed by atoms with Gasteiger partial charge in [0.1, 0.15) is 0 Å². The van der Waals surface area contributed by atoms with Gasteiger partial charge in [-0.05, 0) is 18.8 Å². The third kappa shape index (κ3) is 16.4. The SMILES string of the molecule is CCC(CCCCCCCCCCCCCC(=O)OC)CCC(=O)OC. The van der Waals surface area contributed by atoms with Crippen molar-refractivity contribution in [1.82, 2.24) is 0 Å². The summed E-state index contributed by atoms with van der Waals surface area (Å²) in [5.74, 6) is 0.513. The molecular formula is C22H42O4. The van der Waals surface area contributed by atoms with E-state index in [1.165, 1.54) is 78.4 Å². The van der Waals surface area contributed by atoms with Gasteiger partial charge in [0.15, 0.2) is 0 Å². The Morgan fingerprint density at radius 3 is 1.50 bits per heavy atom. The first-order valence-electron chi connectivity index (χ1n) is 10.8. The predicted molar refractivity (Wildman–Crippen MR) is 107 cm³/mol. The van der Waals surface area contributed by atoms with Crippen LogP contribution in [-0.2, 0) is 19.1 Å². The number of unbranched alkanes of at least 4 members (excludes halogenated alkanes) is 10. The normalized spacial score (nSPS) is 12.0. The average molecular weight is 371 g/mol. The molecule has 0 saturated carbocycles. The second kappa shape index (κ2) is 18.7. The molecule has 26 heavy (non-hydrogen) atoms. The van der Waals surface area contributed by atoms with Crippen LogP contribution in [0.25, 0.3) is 0 Å². The maximum Gasteiger partial charge on any atom is 0.305 e. The predicted octanol–water partition coefficient (Wildman–Crippen LogP) is 6.21. The Morgan fingerprint density at radius 1 is 0.615 bits per heavy atom. The smallest absolute Gasteiger partial charge is 0.305 e. The van der Waals surface area contributed by atoms with Crippen LogP contribution in [0.3, 0.4) is 0 Å². The number of ether oxygens (including phenoxy) is 2. The van der Waals surface area contributed by atoms with Crippen molar-refractivity contribution in [2.75, 3.05) is 14.2 Å². The second-order valence-electron chi connectivity index (χ2n) is 7.39. The van der Waals surface area contributed by atoms with Crippen molar-refractivity contribution in [3.05, 3.63) is 0 Å². The van der Waals surface area contributed by atoms with E-state index in [9.17, 15) is 9.59 Å². The van der Waals surface area contributed by atoms with E-state index < -0.39 is 0 Å². The summed E-state index contributed by atoms with van der Waals surface area (Å²) in [6.07, 6.45) is 18.5. The van der Waals surface area contributed by atoms with Gasteiger partial charge in [0.2, 0.25) is 0 Å². The Morgan fingerprint density at radius 2 is 1.04 bits per heavy atom. The number of carbonyl (C=O) groups excluding carboxylic acids is 2. The Kier molecular flexibility index (Phi) is 18.0. The lowest BCUT2D eigenvalue weighted by atomic mass is 9.93. The Hall–Kier alpha value is -1.06. The molecule has 0 rings (SSSR count). The van der Waals surface area contributed by atoms with E-state index in [2.05, 4.69) is 11.7 Å². The summed E-state index contributed by atoms with van der Waals surface area (Å²) in [5.41, 5.74) is 0. The first kappa shape index (κ1) is 24.9. The highest BCUT2D eigenvalue weighted by atomic mass is 16.5. The van der Waals surface area contributed by atoms with Crippen LogP contribution in [-0.4, -0.2) is 26.2 Å². The Balaban J connectivity index is 3.30. The molecule has 1 atom stereocenters. The van der Waals surface area contributed by atoms with Crippen LogP contribution in [0.15, 0.2) is 0 Å². The first-order valence-corrected chi connectivity index (χ1v) is 10.8. The van der Waals surface area contributed by atoms with Gasteiger partial charge in [-0.1, -0.05) is 84.0 Å². The van der Waals surface area contributed by atoms with E-state index in [4.69, 9.17) is 4.74 Å².